The highest BCUT2D eigenvalue weighted by Gasteiger charge is 2.27. The summed E-state index contributed by atoms with van der Waals surface area (Å²) >= 11 is 0. The second-order valence-electron chi connectivity index (χ2n) is 6.36. The maximum Gasteiger partial charge on any atom is 0.267 e. The zero-order chi connectivity index (χ0) is 17.4. The fourth-order valence-corrected chi connectivity index (χ4v) is 3.35. The Balaban J connectivity index is 1.50. The van der Waals surface area contributed by atoms with E-state index in [1.165, 1.54) is 16.5 Å². The number of carbonyl (C=O) groups excluding carboxylic acids is 1. The molecule has 128 valence electrons. The van der Waals surface area contributed by atoms with Crippen molar-refractivity contribution in [3.8, 4) is 0 Å². The first-order chi connectivity index (χ1) is 12.1. The van der Waals surface area contributed by atoms with Gasteiger partial charge in [0.05, 0.1) is 5.69 Å². The quantitative estimate of drug-likeness (QED) is 0.726. The van der Waals surface area contributed by atoms with Crippen LogP contribution in [0.3, 0.4) is 0 Å². The van der Waals surface area contributed by atoms with E-state index < -0.39 is 0 Å². The first kappa shape index (κ1) is 15.6. The van der Waals surface area contributed by atoms with Gasteiger partial charge in [-0.25, -0.2) is 4.98 Å². The second kappa shape index (κ2) is 6.16. The van der Waals surface area contributed by atoms with Gasteiger partial charge in [0.2, 0.25) is 5.91 Å². The van der Waals surface area contributed by atoms with E-state index in [1.54, 1.807) is 6.92 Å². The number of rotatable bonds is 3. The van der Waals surface area contributed by atoms with Crippen LogP contribution in [-0.4, -0.2) is 38.6 Å². The fraction of sp³-hybridized carbons (Fsp3) is 0.333. The number of likely N-dealkylation sites (tertiary alicyclic amines) is 1. The molecule has 1 aliphatic rings. The van der Waals surface area contributed by atoms with Crippen molar-refractivity contribution in [1.29, 1.82) is 0 Å². The van der Waals surface area contributed by atoms with Crippen molar-refractivity contribution < 1.29 is 9.32 Å². The Kier molecular flexibility index (Phi) is 3.83. The molecule has 1 amide bonds. The van der Waals surface area contributed by atoms with Crippen molar-refractivity contribution in [2.45, 2.75) is 25.8 Å². The lowest BCUT2D eigenvalue weighted by atomic mass is 9.99. The van der Waals surface area contributed by atoms with Crippen LogP contribution in [0.4, 0.5) is 0 Å². The van der Waals surface area contributed by atoms with E-state index in [0.717, 1.165) is 6.42 Å². The molecule has 1 aromatic carbocycles. The van der Waals surface area contributed by atoms with Gasteiger partial charge >= 0.3 is 0 Å². The molecule has 4 rings (SSSR count). The predicted octanol–water partition coefficient (Wildman–Crippen LogP) is 1.71. The topological polar surface area (TPSA) is 81.2 Å². The number of fused-ring (bicyclic) bond motifs is 1. The number of benzene rings is 1. The van der Waals surface area contributed by atoms with Gasteiger partial charge in [0.25, 0.3) is 11.3 Å². The minimum Gasteiger partial charge on any atom is -0.341 e. The smallest absolute Gasteiger partial charge is 0.267 e. The molecule has 0 radical (unpaired) electrons. The monoisotopic (exact) mass is 338 g/mol. The Morgan fingerprint density at radius 2 is 2.12 bits per heavy atom. The van der Waals surface area contributed by atoms with Gasteiger partial charge in [0.1, 0.15) is 18.3 Å². The van der Waals surface area contributed by atoms with E-state index in [-0.39, 0.29) is 23.7 Å². The molecule has 0 spiro atoms. The van der Waals surface area contributed by atoms with Crippen molar-refractivity contribution in [3.05, 3.63) is 58.3 Å². The molecule has 7 heteroatoms. The molecule has 2 aromatic heterocycles. The van der Waals surface area contributed by atoms with E-state index in [2.05, 4.69) is 22.3 Å². The summed E-state index contributed by atoms with van der Waals surface area (Å²) in [4.78, 5) is 31.0. The Labute approximate surface area is 143 Å². The fourth-order valence-electron chi connectivity index (χ4n) is 3.35. The molecule has 1 atom stereocenters. The number of hydrogen-bond donors (Lipinski definition) is 0. The largest absolute Gasteiger partial charge is 0.341 e. The lowest BCUT2D eigenvalue weighted by molar-refractivity contribution is -0.130. The number of nitrogens with zero attached hydrogens (tertiary/aromatic N) is 4. The lowest BCUT2D eigenvalue weighted by Gasteiger charge is -2.17. The molecule has 3 heterocycles. The Morgan fingerprint density at radius 1 is 1.32 bits per heavy atom. The van der Waals surface area contributed by atoms with Gasteiger partial charge in [-0.05, 0) is 18.9 Å². The molecule has 0 saturated carbocycles. The van der Waals surface area contributed by atoms with Crippen LogP contribution in [0.5, 0.6) is 0 Å². The van der Waals surface area contributed by atoms with Crippen LogP contribution in [0.1, 0.15) is 23.6 Å². The summed E-state index contributed by atoms with van der Waals surface area (Å²) in [6.45, 7) is 3.05. The summed E-state index contributed by atoms with van der Waals surface area (Å²) in [5, 5.41) is 4.08. The van der Waals surface area contributed by atoms with Crippen LogP contribution in [0.2, 0.25) is 0 Å². The van der Waals surface area contributed by atoms with Crippen molar-refractivity contribution >= 4 is 17.0 Å². The first-order valence-electron chi connectivity index (χ1n) is 8.27. The third kappa shape index (κ3) is 2.82. The third-order valence-electron chi connectivity index (χ3n) is 4.75. The number of aromatic nitrogens is 3. The zero-order valence-electron chi connectivity index (χ0n) is 13.9. The minimum atomic E-state index is -0.295. The molecule has 7 nitrogen and oxygen atoms in total. The standard InChI is InChI=1S/C18H18N4O3/c1-12-16-17(25-20-12)19-11-22(18(16)24)10-15(23)21-8-7-14(9-21)13-5-3-2-4-6-13/h2-6,11,14H,7-10H2,1H3. The van der Waals surface area contributed by atoms with E-state index in [1.807, 2.05) is 23.1 Å². The number of amides is 1. The Hall–Kier alpha value is -2.96. The van der Waals surface area contributed by atoms with Crippen LogP contribution in [0.15, 0.2) is 46.0 Å². The SMILES string of the molecule is Cc1noc2ncn(CC(=O)N3CCC(c4ccccc4)C3)c(=O)c12. The molecule has 1 saturated heterocycles. The molecule has 1 fully saturated rings. The van der Waals surface area contributed by atoms with Gasteiger partial charge in [-0.1, -0.05) is 35.5 Å². The summed E-state index contributed by atoms with van der Waals surface area (Å²) < 4.78 is 6.31. The van der Waals surface area contributed by atoms with Gasteiger partial charge in [-0.3, -0.25) is 14.2 Å². The summed E-state index contributed by atoms with van der Waals surface area (Å²) in [6.07, 6.45) is 2.28. The normalized spacial score (nSPS) is 17.3. The van der Waals surface area contributed by atoms with Crippen molar-refractivity contribution in [3.63, 3.8) is 0 Å². The summed E-state index contributed by atoms with van der Waals surface area (Å²) in [7, 11) is 0. The van der Waals surface area contributed by atoms with Gasteiger partial charge in [-0.15, -0.1) is 0 Å². The molecule has 1 aliphatic heterocycles. The molecule has 25 heavy (non-hydrogen) atoms. The average molecular weight is 338 g/mol. The van der Waals surface area contributed by atoms with E-state index >= 15 is 0 Å². The van der Waals surface area contributed by atoms with Gasteiger partial charge in [0.15, 0.2) is 0 Å². The van der Waals surface area contributed by atoms with E-state index in [4.69, 9.17) is 4.52 Å². The molecule has 0 bridgehead atoms. The lowest BCUT2D eigenvalue weighted by Crippen LogP contribution is -2.35. The molecule has 3 aromatic rings. The number of hydrogen-bond acceptors (Lipinski definition) is 5. The van der Waals surface area contributed by atoms with Crippen LogP contribution in [0.25, 0.3) is 11.1 Å². The van der Waals surface area contributed by atoms with Crippen LogP contribution >= 0.6 is 0 Å². The second-order valence-corrected chi connectivity index (χ2v) is 6.36. The maximum atomic E-state index is 12.6. The third-order valence-corrected chi connectivity index (χ3v) is 4.75. The highest BCUT2D eigenvalue weighted by atomic mass is 16.5. The van der Waals surface area contributed by atoms with Gasteiger partial charge < -0.3 is 9.42 Å². The van der Waals surface area contributed by atoms with Crippen LogP contribution < -0.4 is 5.56 Å². The first-order valence-corrected chi connectivity index (χ1v) is 8.27. The summed E-state index contributed by atoms with van der Waals surface area (Å²) in [5.41, 5.74) is 1.64. The molecule has 0 N–H and O–H groups in total. The molecular weight excluding hydrogens is 320 g/mol. The van der Waals surface area contributed by atoms with Crippen molar-refractivity contribution in [2.24, 2.45) is 0 Å². The average Bonchev–Trinajstić information content (AvgIpc) is 3.26. The van der Waals surface area contributed by atoms with E-state index in [0.29, 0.717) is 30.1 Å². The van der Waals surface area contributed by atoms with Crippen LogP contribution in [-0.2, 0) is 11.3 Å². The van der Waals surface area contributed by atoms with Crippen LogP contribution in [0, 0.1) is 6.92 Å². The van der Waals surface area contributed by atoms with Gasteiger partial charge in [-0.2, -0.15) is 0 Å². The Morgan fingerprint density at radius 3 is 2.92 bits per heavy atom. The zero-order valence-corrected chi connectivity index (χ0v) is 13.9. The maximum absolute atomic E-state index is 12.6. The summed E-state index contributed by atoms with van der Waals surface area (Å²) in [6, 6.07) is 10.2. The van der Waals surface area contributed by atoms with Crippen molar-refractivity contribution in [2.75, 3.05) is 13.1 Å². The van der Waals surface area contributed by atoms with E-state index in [9.17, 15) is 9.59 Å². The number of carbonyl (C=O) groups is 1. The van der Waals surface area contributed by atoms with Crippen molar-refractivity contribution in [1.82, 2.24) is 19.6 Å². The molecular formula is C18H18N4O3. The highest BCUT2D eigenvalue weighted by molar-refractivity contribution is 5.78. The molecule has 0 aliphatic carbocycles. The minimum absolute atomic E-state index is 0.0199. The summed E-state index contributed by atoms with van der Waals surface area (Å²) in [5.74, 6) is 0.276. The number of aryl methyl sites for hydroxylation is 1. The van der Waals surface area contributed by atoms with Gasteiger partial charge in [0, 0.05) is 19.0 Å². The molecule has 1 unspecified atom stereocenters. The highest BCUT2D eigenvalue weighted by Crippen LogP contribution is 2.27. The predicted molar refractivity (Wildman–Crippen MR) is 91.2 cm³/mol. The Bertz CT molecular complexity index is 977.